The summed E-state index contributed by atoms with van der Waals surface area (Å²) in [6.45, 7) is 9.15. The van der Waals surface area contributed by atoms with Crippen molar-refractivity contribution in [1.29, 1.82) is 0 Å². The molecule has 0 rings (SSSR count). The fourth-order valence-electron chi connectivity index (χ4n) is 1.68. The molecule has 0 saturated heterocycles. The molecule has 0 amide bonds. The third-order valence-corrected chi connectivity index (χ3v) is 6.12. The monoisotopic (exact) mass is 272 g/mol. The molecular formula is C11H23F3O2Si. The molecule has 0 atom stereocenters. The molecule has 104 valence electrons. The van der Waals surface area contributed by atoms with Crippen molar-refractivity contribution in [3.63, 3.8) is 0 Å². The normalized spacial score (nSPS) is 13.8. The molecule has 2 nitrogen and oxygen atoms in total. The van der Waals surface area contributed by atoms with Crippen LogP contribution in [0.5, 0.6) is 0 Å². The highest BCUT2D eigenvalue weighted by Crippen LogP contribution is 2.30. The summed E-state index contributed by atoms with van der Waals surface area (Å²) in [5.74, 6) is 0. The molecule has 0 aliphatic rings. The molecule has 0 saturated carbocycles. The van der Waals surface area contributed by atoms with Crippen molar-refractivity contribution in [2.45, 2.75) is 71.5 Å². The summed E-state index contributed by atoms with van der Waals surface area (Å²) in [5.41, 5.74) is 0. The minimum absolute atomic E-state index is 0.0244. The summed E-state index contributed by atoms with van der Waals surface area (Å²) in [5, 5.41) is 0. The summed E-state index contributed by atoms with van der Waals surface area (Å²) in [4.78, 5) is 0. The van der Waals surface area contributed by atoms with Gasteiger partial charge < -0.3 is 8.85 Å². The number of alkyl halides is 3. The lowest BCUT2D eigenvalue weighted by Crippen LogP contribution is -2.46. The summed E-state index contributed by atoms with van der Waals surface area (Å²) in [6, 6.07) is 0.517. The Morgan fingerprint density at radius 3 is 1.65 bits per heavy atom. The average molecular weight is 272 g/mol. The van der Waals surface area contributed by atoms with Gasteiger partial charge in [0.15, 0.2) is 0 Å². The van der Waals surface area contributed by atoms with Gasteiger partial charge in [0.25, 0.3) is 0 Å². The van der Waals surface area contributed by atoms with E-state index in [4.69, 9.17) is 8.85 Å². The minimum Gasteiger partial charge on any atom is -0.392 e. The first-order valence-corrected chi connectivity index (χ1v) is 8.25. The van der Waals surface area contributed by atoms with Crippen LogP contribution in [0.15, 0.2) is 0 Å². The Hall–Kier alpha value is -0.0731. The largest absolute Gasteiger partial charge is 0.392 e. The molecule has 17 heavy (non-hydrogen) atoms. The highest BCUT2D eigenvalue weighted by molar-refractivity contribution is 6.67. The second-order valence-electron chi connectivity index (χ2n) is 4.71. The zero-order chi connectivity index (χ0) is 13.7. The third-order valence-electron chi connectivity index (χ3n) is 2.23. The molecule has 0 radical (unpaired) electrons. The first-order chi connectivity index (χ1) is 7.60. The molecule has 0 aromatic carbocycles. The molecule has 6 heteroatoms. The quantitative estimate of drug-likeness (QED) is 0.645. The number of rotatable bonds is 7. The second-order valence-corrected chi connectivity index (χ2v) is 8.21. The van der Waals surface area contributed by atoms with Gasteiger partial charge in [-0.1, -0.05) is 6.92 Å². The highest BCUT2D eigenvalue weighted by atomic mass is 28.4. The fraction of sp³-hybridized carbons (Fsp3) is 1.00. The van der Waals surface area contributed by atoms with Crippen molar-refractivity contribution >= 4 is 8.56 Å². The van der Waals surface area contributed by atoms with Crippen molar-refractivity contribution in [3.05, 3.63) is 0 Å². The Bertz CT molecular complexity index is 207. The fourth-order valence-corrected chi connectivity index (χ4v) is 5.04. The average Bonchev–Trinajstić information content (AvgIpc) is 2.11. The molecule has 0 aromatic heterocycles. The van der Waals surface area contributed by atoms with Gasteiger partial charge in [0, 0.05) is 18.6 Å². The lowest BCUT2D eigenvalue weighted by molar-refractivity contribution is -0.132. The van der Waals surface area contributed by atoms with Gasteiger partial charge in [-0.2, -0.15) is 13.2 Å². The molecule has 0 aliphatic carbocycles. The molecule has 0 unspecified atom stereocenters. The molecule has 0 bridgehead atoms. The zero-order valence-corrected chi connectivity index (χ0v) is 12.2. The SMILES string of the molecule is CC[Si](CCC(F)(F)F)(OC(C)C)OC(C)C. The van der Waals surface area contributed by atoms with E-state index in [-0.39, 0.29) is 18.3 Å². The summed E-state index contributed by atoms with van der Waals surface area (Å²) in [6.07, 6.45) is -5.18. The van der Waals surface area contributed by atoms with E-state index < -0.39 is 21.2 Å². The number of hydrogen-bond donors (Lipinski definition) is 0. The van der Waals surface area contributed by atoms with Gasteiger partial charge in [-0.05, 0) is 39.8 Å². The molecule has 0 aliphatic heterocycles. The van der Waals surface area contributed by atoms with Crippen LogP contribution in [0.1, 0.15) is 41.0 Å². The third kappa shape index (κ3) is 7.78. The van der Waals surface area contributed by atoms with Gasteiger partial charge >= 0.3 is 14.7 Å². The van der Waals surface area contributed by atoms with E-state index in [1.165, 1.54) is 0 Å². The van der Waals surface area contributed by atoms with Crippen molar-refractivity contribution in [2.75, 3.05) is 0 Å². The van der Waals surface area contributed by atoms with Crippen molar-refractivity contribution in [3.8, 4) is 0 Å². The van der Waals surface area contributed by atoms with Gasteiger partial charge in [-0.15, -0.1) is 0 Å². The van der Waals surface area contributed by atoms with Crippen LogP contribution in [-0.4, -0.2) is 26.9 Å². The number of hydrogen-bond acceptors (Lipinski definition) is 2. The maximum Gasteiger partial charge on any atom is 0.389 e. The second kappa shape index (κ2) is 6.75. The van der Waals surface area contributed by atoms with Crippen LogP contribution in [0, 0.1) is 0 Å². The van der Waals surface area contributed by atoms with Gasteiger partial charge in [0.2, 0.25) is 0 Å². The summed E-state index contributed by atoms with van der Waals surface area (Å²) in [7, 11) is -2.73. The Balaban J connectivity index is 4.66. The van der Waals surface area contributed by atoms with E-state index in [2.05, 4.69) is 0 Å². The van der Waals surface area contributed by atoms with Crippen LogP contribution >= 0.6 is 0 Å². The molecule has 0 heterocycles. The molecular weight excluding hydrogens is 249 g/mol. The van der Waals surface area contributed by atoms with Crippen LogP contribution in [-0.2, 0) is 8.85 Å². The molecule has 0 spiro atoms. The Kier molecular flexibility index (Phi) is 6.72. The van der Waals surface area contributed by atoms with E-state index in [0.717, 1.165) is 0 Å². The lowest BCUT2D eigenvalue weighted by atomic mass is 10.5. The Morgan fingerprint density at radius 2 is 1.41 bits per heavy atom. The minimum atomic E-state index is -4.14. The first kappa shape index (κ1) is 16.9. The van der Waals surface area contributed by atoms with Crippen LogP contribution < -0.4 is 0 Å². The first-order valence-electron chi connectivity index (χ1n) is 6.02. The van der Waals surface area contributed by atoms with Crippen LogP contribution in [0.4, 0.5) is 13.2 Å². The van der Waals surface area contributed by atoms with E-state index in [1.807, 2.05) is 34.6 Å². The Morgan fingerprint density at radius 1 is 1.00 bits per heavy atom. The van der Waals surface area contributed by atoms with Gasteiger partial charge in [0.1, 0.15) is 0 Å². The topological polar surface area (TPSA) is 18.5 Å². The van der Waals surface area contributed by atoms with E-state index in [9.17, 15) is 13.2 Å². The van der Waals surface area contributed by atoms with E-state index in [1.54, 1.807) is 0 Å². The van der Waals surface area contributed by atoms with Gasteiger partial charge in [-0.25, -0.2) is 0 Å². The highest BCUT2D eigenvalue weighted by Gasteiger charge is 2.41. The predicted octanol–water partition coefficient (Wildman–Crippen LogP) is 4.25. The summed E-state index contributed by atoms with van der Waals surface area (Å²) >= 11 is 0. The predicted molar refractivity (Wildman–Crippen MR) is 64.2 cm³/mol. The van der Waals surface area contributed by atoms with Crippen LogP contribution in [0.2, 0.25) is 12.1 Å². The van der Waals surface area contributed by atoms with Crippen molar-refractivity contribution < 1.29 is 22.0 Å². The zero-order valence-electron chi connectivity index (χ0n) is 11.2. The molecule has 0 fully saturated rings. The van der Waals surface area contributed by atoms with Crippen LogP contribution in [0.3, 0.4) is 0 Å². The smallest absolute Gasteiger partial charge is 0.389 e. The maximum atomic E-state index is 12.3. The Labute approximate surface area is 103 Å². The van der Waals surface area contributed by atoms with Crippen molar-refractivity contribution in [1.82, 2.24) is 0 Å². The van der Waals surface area contributed by atoms with Crippen LogP contribution in [0.25, 0.3) is 0 Å². The number of halogens is 3. The van der Waals surface area contributed by atoms with Gasteiger partial charge in [-0.3, -0.25) is 0 Å². The van der Waals surface area contributed by atoms with E-state index in [0.29, 0.717) is 6.04 Å². The molecule has 0 aromatic rings. The summed E-state index contributed by atoms with van der Waals surface area (Å²) < 4.78 is 48.3. The maximum absolute atomic E-state index is 12.3. The molecule has 0 N–H and O–H groups in total. The standard InChI is InChI=1S/C11H23F3O2Si/c1-6-17(15-9(2)3,16-10(4)5)8-7-11(12,13)14/h9-10H,6-8H2,1-5H3. The lowest BCUT2D eigenvalue weighted by Gasteiger charge is -2.33. The van der Waals surface area contributed by atoms with Gasteiger partial charge in [0.05, 0.1) is 0 Å². The van der Waals surface area contributed by atoms with Crippen molar-refractivity contribution in [2.24, 2.45) is 0 Å². The van der Waals surface area contributed by atoms with E-state index >= 15 is 0 Å².